The number of rotatable bonds is 5. The van der Waals surface area contributed by atoms with Gasteiger partial charge in [0.15, 0.2) is 0 Å². The van der Waals surface area contributed by atoms with Crippen LogP contribution in [0.1, 0.15) is 29.5 Å². The molecular formula is C22H24ClN3O2. The first kappa shape index (κ1) is 20.2. The van der Waals surface area contributed by atoms with Gasteiger partial charge >= 0.3 is 0 Å². The number of benzene rings is 2. The molecule has 28 heavy (non-hydrogen) atoms. The molecular weight excluding hydrogens is 374 g/mol. The summed E-state index contributed by atoms with van der Waals surface area (Å²) < 4.78 is 6.23. The number of carbonyl (C=O) groups excluding carboxylic acids is 1. The van der Waals surface area contributed by atoms with Gasteiger partial charge in [-0.15, -0.1) is 0 Å². The topological polar surface area (TPSA) is 65.4 Å². The summed E-state index contributed by atoms with van der Waals surface area (Å²) in [5.41, 5.74) is 3.15. The van der Waals surface area contributed by atoms with Crippen LogP contribution in [0.2, 0.25) is 5.02 Å². The molecule has 0 radical (unpaired) electrons. The fourth-order valence-electron chi connectivity index (χ4n) is 3.45. The Bertz CT molecular complexity index is 879. The van der Waals surface area contributed by atoms with Crippen molar-refractivity contribution in [3.05, 3.63) is 58.1 Å². The molecule has 0 saturated carbocycles. The lowest BCUT2D eigenvalue weighted by molar-refractivity contribution is -0.117. The van der Waals surface area contributed by atoms with Gasteiger partial charge in [0.25, 0.3) is 0 Å². The van der Waals surface area contributed by atoms with E-state index in [9.17, 15) is 4.79 Å². The van der Waals surface area contributed by atoms with E-state index in [2.05, 4.69) is 42.3 Å². The molecule has 0 atom stereocenters. The third-order valence-corrected chi connectivity index (χ3v) is 5.21. The summed E-state index contributed by atoms with van der Waals surface area (Å²) in [6.07, 6.45) is 1.92. The first-order valence-electron chi connectivity index (χ1n) is 9.41. The van der Waals surface area contributed by atoms with Crippen LogP contribution in [0.25, 0.3) is 0 Å². The van der Waals surface area contributed by atoms with Crippen molar-refractivity contribution in [2.24, 2.45) is 0 Å². The summed E-state index contributed by atoms with van der Waals surface area (Å²) in [6.45, 7) is 6.00. The van der Waals surface area contributed by atoms with E-state index in [0.29, 0.717) is 16.3 Å². The molecule has 0 aliphatic carbocycles. The van der Waals surface area contributed by atoms with Crippen LogP contribution in [0.3, 0.4) is 0 Å². The maximum Gasteiger partial charge on any atom is 0.238 e. The molecule has 1 saturated heterocycles. The normalized spacial score (nSPS) is 15.1. The molecule has 3 rings (SSSR count). The van der Waals surface area contributed by atoms with Gasteiger partial charge in [0, 0.05) is 18.1 Å². The molecule has 0 aromatic heterocycles. The van der Waals surface area contributed by atoms with Gasteiger partial charge in [-0.1, -0.05) is 29.8 Å². The van der Waals surface area contributed by atoms with Gasteiger partial charge in [-0.2, -0.15) is 5.26 Å². The highest BCUT2D eigenvalue weighted by Crippen LogP contribution is 2.26. The highest BCUT2D eigenvalue weighted by molar-refractivity contribution is 6.31. The summed E-state index contributed by atoms with van der Waals surface area (Å²) in [5.74, 6) is 0.830. The first-order chi connectivity index (χ1) is 13.5. The standard InChI is InChI=1S/C22H24ClN3O2/c1-15-4-3-5-16(2)22(15)28-19-8-10-26(11-9-19)14-21(27)25-20-12-18(23)7-6-17(20)13-24/h3-7,12,19H,8-11,14H2,1-2H3,(H,25,27). The second-order valence-corrected chi connectivity index (χ2v) is 7.60. The van der Waals surface area contributed by atoms with Crippen LogP contribution >= 0.6 is 11.6 Å². The number of aryl methyl sites for hydroxylation is 2. The van der Waals surface area contributed by atoms with Gasteiger partial charge in [-0.25, -0.2) is 0 Å². The second-order valence-electron chi connectivity index (χ2n) is 7.16. The van der Waals surface area contributed by atoms with Gasteiger partial charge < -0.3 is 10.1 Å². The summed E-state index contributed by atoms with van der Waals surface area (Å²) in [4.78, 5) is 14.5. The molecule has 1 amide bonds. The third kappa shape index (κ3) is 5.03. The van der Waals surface area contributed by atoms with Crippen molar-refractivity contribution in [2.75, 3.05) is 25.0 Å². The monoisotopic (exact) mass is 397 g/mol. The predicted octanol–water partition coefficient (Wildman–Crippen LogP) is 4.31. The Morgan fingerprint density at radius 3 is 2.57 bits per heavy atom. The lowest BCUT2D eigenvalue weighted by Gasteiger charge is -2.32. The maximum atomic E-state index is 12.4. The average Bonchev–Trinajstić information content (AvgIpc) is 2.66. The fraction of sp³-hybridized carbons (Fsp3) is 0.364. The Kier molecular flexibility index (Phi) is 6.56. The number of carbonyl (C=O) groups is 1. The van der Waals surface area contributed by atoms with Gasteiger partial charge in [0.05, 0.1) is 17.8 Å². The Balaban J connectivity index is 1.51. The van der Waals surface area contributed by atoms with Crippen LogP contribution in [0.4, 0.5) is 5.69 Å². The highest BCUT2D eigenvalue weighted by Gasteiger charge is 2.23. The molecule has 1 aliphatic heterocycles. The van der Waals surface area contributed by atoms with Gasteiger partial charge in [0.1, 0.15) is 17.9 Å². The fourth-order valence-corrected chi connectivity index (χ4v) is 3.62. The van der Waals surface area contributed by atoms with Crippen LogP contribution in [0.5, 0.6) is 5.75 Å². The molecule has 5 nitrogen and oxygen atoms in total. The van der Waals surface area contributed by atoms with E-state index in [1.165, 1.54) is 0 Å². The van der Waals surface area contributed by atoms with Crippen molar-refractivity contribution < 1.29 is 9.53 Å². The van der Waals surface area contributed by atoms with Gasteiger partial charge in [-0.3, -0.25) is 9.69 Å². The number of ether oxygens (including phenoxy) is 1. The molecule has 1 N–H and O–H groups in total. The molecule has 6 heteroatoms. The number of nitriles is 1. The average molecular weight is 398 g/mol. The number of amides is 1. The largest absolute Gasteiger partial charge is 0.490 e. The Hall–Kier alpha value is -2.55. The van der Waals surface area contributed by atoms with Crippen molar-refractivity contribution >= 4 is 23.2 Å². The molecule has 1 heterocycles. The zero-order chi connectivity index (χ0) is 20.1. The first-order valence-corrected chi connectivity index (χ1v) is 9.79. The summed E-state index contributed by atoms with van der Waals surface area (Å²) >= 11 is 5.97. The summed E-state index contributed by atoms with van der Waals surface area (Å²) in [6, 6.07) is 13.1. The smallest absolute Gasteiger partial charge is 0.238 e. The van der Waals surface area contributed by atoms with E-state index in [1.807, 2.05) is 6.07 Å². The molecule has 1 fully saturated rings. The molecule has 0 unspecified atom stereocenters. The maximum absolute atomic E-state index is 12.4. The quantitative estimate of drug-likeness (QED) is 0.816. The Morgan fingerprint density at radius 1 is 1.25 bits per heavy atom. The van der Waals surface area contributed by atoms with E-state index in [0.717, 1.165) is 42.8 Å². The number of hydrogen-bond acceptors (Lipinski definition) is 4. The zero-order valence-corrected chi connectivity index (χ0v) is 16.9. The minimum Gasteiger partial charge on any atom is -0.490 e. The van der Waals surface area contributed by atoms with E-state index in [-0.39, 0.29) is 18.6 Å². The molecule has 2 aromatic rings. The SMILES string of the molecule is Cc1cccc(C)c1OC1CCN(CC(=O)Nc2cc(Cl)ccc2C#N)CC1. The van der Waals surface area contributed by atoms with E-state index in [1.54, 1.807) is 18.2 Å². The van der Waals surface area contributed by atoms with Crippen LogP contribution in [0.15, 0.2) is 36.4 Å². The van der Waals surface area contributed by atoms with Gasteiger partial charge in [0.2, 0.25) is 5.91 Å². The Labute approximate surface area is 170 Å². The second kappa shape index (κ2) is 9.09. The lowest BCUT2D eigenvalue weighted by Crippen LogP contribution is -2.42. The minimum absolute atomic E-state index is 0.145. The van der Waals surface area contributed by atoms with Crippen molar-refractivity contribution in [1.29, 1.82) is 5.26 Å². The predicted molar refractivity (Wildman–Crippen MR) is 111 cm³/mol. The van der Waals surface area contributed by atoms with Crippen molar-refractivity contribution in [1.82, 2.24) is 4.90 Å². The van der Waals surface area contributed by atoms with Crippen molar-refractivity contribution in [2.45, 2.75) is 32.8 Å². The van der Waals surface area contributed by atoms with Crippen LogP contribution < -0.4 is 10.1 Å². The Morgan fingerprint density at radius 2 is 1.93 bits per heavy atom. The number of likely N-dealkylation sites (tertiary alicyclic amines) is 1. The molecule has 1 aliphatic rings. The highest BCUT2D eigenvalue weighted by atomic mass is 35.5. The van der Waals surface area contributed by atoms with E-state index < -0.39 is 0 Å². The van der Waals surface area contributed by atoms with Crippen molar-refractivity contribution in [3.63, 3.8) is 0 Å². The number of nitrogens with one attached hydrogen (secondary N) is 1. The van der Waals surface area contributed by atoms with Gasteiger partial charge in [-0.05, 0) is 56.0 Å². The van der Waals surface area contributed by atoms with E-state index in [4.69, 9.17) is 21.6 Å². The number of piperidine rings is 1. The summed E-state index contributed by atoms with van der Waals surface area (Å²) in [5, 5.41) is 12.4. The van der Waals surface area contributed by atoms with Crippen LogP contribution in [0, 0.1) is 25.2 Å². The number of hydrogen-bond donors (Lipinski definition) is 1. The molecule has 0 spiro atoms. The van der Waals surface area contributed by atoms with Crippen LogP contribution in [-0.2, 0) is 4.79 Å². The third-order valence-electron chi connectivity index (χ3n) is 4.97. The molecule has 2 aromatic carbocycles. The number of halogens is 1. The number of nitrogens with zero attached hydrogens (tertiary/aromatic N) is 2. The van der Waals surface area contributed by atoms with E-state index >= 15 is 0 Å². The van der Waals surface area contributed by atoms with Crippen LogP contribution in [-0.4, -0.2) is 36.5 Å². The molecule has 146 valence electrons. The minimum atomic E-state index is -0.145. The number of anilines is 1. The number of para-hydroxylation sites is 1. The summed E-state index contributed by atoms with van der Waals surface area (Å²) in [7, 11) is 0. The lowest BCUT2D eigenvalue weighted by atomic mass is 10.1. The van der Waals surface area contributed by atoms with Crippen molar-refractivity contribution in [3.8, 4) is 11.8 Å². The molecule has 0 bridgehead atoms. The zero-order valence-electron chi connectivity index (χ0n) is 16.2.